The van der Waals surface area contributed by atoms with Crippen LogP contribution in [0.2, 0.25) is 0 Å². The maximum atomic E-state index is 12.3. The molecule has 0 aliphatic heterocycles. The smallest absolute Gasteiger partial charge is 0.348 e. The van der Waals surface area contributed by atoms with Gasteiger partial charge in [0.2, 0.25) is 0 Å². The topological polar surface area (TPSA) is 56.5 Å². The van der Waals surface area contributed by atoms with Crippen LogP contribution >= 0.6 is 11.3 Å². The van der Waals surface area contributed by atoms with Crippen molar-refractivity contribution in [2.75, 3.05) is 0 Å². The SMILES string of the molecule is Cc1ccc2c(COC(=O)c3cc4ccccc4s3)cc(=O)oc2c1. The standard InChI is InChI=1S/C20H14O4S/c1-12-6-7-15-14(10-19(21)24-16(15)8-12)11-23-20(22)18-9-13-4-2-3-5-17(13)25-18/h2-10H,11H2,1H3. The van der Waals surface area contributed by atoms with Crippen molar-refractivity contribution in [2.45, 2.75) is 13.5 Å². The van der Waals surface area contributed by atoms with Crippen LogP contribution in [0.1, 0.15) is 20.8 Å². The fraction of sp³-hybridized carbons (Fsp3) is 0.100. The second-order valence-electron chi connectivity index (χ2n) is 5.81. The Balaban J connectivity index is 1.61. The lowest BCUT2D eigenvalue weighted by Gasteiger charge is -2.07. The van der Waals surface area contributed by atoms with Crippen LogP contribution in [-0.2, 0) is 11.3 Å². The summed E-state index contributed by atoms with van der Waals surface area (Å²) >= 11 is 1.39. The fourth-order valence-electron chi connectivity index (χ4n) is 2.75. The Morgan fingerprint density at radius 3 is 2.80 bits per heavy atom. The van der Waals surface area contributed by atoms with E-state index >= 15 is 0 Å². The molecular formula is C20H14O4S. The second-order valence-corrected chi connectivity index (χ2v) is 6.90. The van der Waals surface area contributed by atoms with E-state index in [2.05, 4.69) is 0 Å². The van der Waals surface area contributed by atoms with E-state index in [0.29, 0.717) is 16.0 Å². The van der Waals surface area contributed by atoms with Gasteiger partial charge in [0.15, 0.2) is 0 Å². The van der Waals surface area contributed by atoms with Crippen molar-refractivity contribution >= 4 is 38.4 Å². The zero-order chi connectivity index (χ0) is 17.4. The number of benzene rings is 2. The minimum Gasteiger partial charge on any atom is -0.457 e. The molecular weight excluding hydrogens is 336 g/mol. The van der Waals surface area contributed by atoms with Crippen molar-refractivity contribution in [3.63, 3.8) is 0 Å². The number of rotatable bonds is 3. The van der Waals surface area contributed by atoms with E-state index in [1.165, 1.54) is 17.4 Å². The highest BCUT2D eigenvalue weighted by Crippen LogP contribution is 2.26. The van der Waals surface area contributed by atoms with Gasteiger partial charge in [-0.15, -0.1) is 11.3 Å². The van der Waals surface area contributed by atoms with Crippen LogP contribution in [0.15, 0.2) is 63.8 Å². The van der Waals surface area contributed by atoms with Gasteiger partial charge in [-0.2, -0.15) is 0 Å². The molecule has 4 rings (SSSR count). The van der Waals surface area contributed by atoms with Gasteiger partial charge in [-0.1, -0.05) is 30.3 Å². The van der Waals surface area contributed by atoms with Crippen molar-refractivity contribution < 1.29 is 13.9 Å². The monoisotopic (exact) mass is 350 g/mol. The van der Waals surface area contributed by atoms with Crippen molar-refractivity contribution in [3.05, 3.63) is 81.0 Å². The predicted octanol–water partition coefficient (Wildman–Crippen LogP) is 4.67. The predicted molar refractivity (Wildman–Crippen MR) is 98.2 cm³/mol. The summed E-state index contributed by atoms with van der Waals surface area (Å²) in [6.07, 6.45) is 0. The first kappa shape index (κ1) is 15.6. The molecule has 0 atom stereocenters. The van der Waals surface area contributed by atoms with Gasteiger partial charge in [-0.05, 0) is 36.1 Å². The van der Waals surface area contributed by atoms with Crippen molar-refractivity contribution in [3.8, 4) is 0 Å². The van der Waals surface area contributed by atoms with Crippen LogP contribution < -0.4 is 5.63 Å². The fourth-order valence-corrected chi connectivity index (χ4v) is 3.71. The molecule has 0 fully saturated rings. The number of carbonyl (C=O) groups is 1. The van der Waals surface area contributed by atoms with Crippen LogP contribution in [0.4, 0.5) is 0 Å². The molecule has 0 unspecified atom stereocenters. The number of esters is 1. The first-order valence-electron chi connectivity index (χ1n) is 7.79. The van der Waals surface area contributed by atoms with Gasteiger partial charge < -0.3 is 9.15 Å². The van der Waals surface area contributed by atoms with E-state index in [-0.39, 0.29) is 6.61 Å². The van der Waals surface area contributed by atoms with E-state index < -0.39 is 11.6 Å². The number of carbonyl (C=O) groups excluding carboxylic acids is 1. The summed E-state index contributed by atoms with van der Waals surface area (Å²) in [5.41, 5.74) is 1.68. The third-order valence-electron chi connectivity index (χ3n) is 3.97. The number of hydrogen-bond acceptors (Lipinski definition) is 5. The zero-order valence-electron chi connectivity index (χ0n) is 13.4. The molecule has 2 heterocycles. The average Bonchev–Trinajstić information content (AvgIpc) is 3.03. The molecule has 2 aromatic heterocycles. The highest BCUT2D eigenvalue weighted by molar-refractivity contribution is 7.20. The van der Waals surface area contributed by atoms with E-state index in [9.17, 15) is 9.59 Å². The van der Waals surface area contributed by atoms with Crippen molar-refractivity contribution in [1.82, 2.24) is 0 Å². The number of aryl methyl sites for hydroxylation is 1. The largest absolute Gasteiger partial charge is 0.457 e. The van der Waals surface area contributed by atoms with E-state index in [0.717, 1.165) is 21.0 Å². The molecule has 124 valence electrons. The first-order chi connectivity index (χ1) is 12.1. The minimum absolute atomic E-state index is 0.0260. The highest BCUT2D eigenvalue weighted by Gasteiger charge is 2.13. The minimum atomic E-state index is -0.453. The summed E-state index contributed by atoms with van der Waals surface area (Å²) in [5.74, 6) is -0.394. The lowest BCUT2D eigenvalue weighted by atomic mass is 10.1. The van der Waals surface area contributed by atoms with Gasteiger partial charge in [0.1, 0.15) is 17.1 Å². The van der Waals surface area contributed by atoms with E-state index in [4.69, 9.17) is 9.15 Å². The Bertz CT molecular complexity index is 1120. The quantitative estimate of drug-likeness (QED) is 0.398. The third kappa shape index (κ3) is 3.06. The van der Waals surface area contributed by atoms with Crippen LogP contribution in [0.3, 0.4) is 0 Å². The summed E-state index contributed by atoms with van der Waals surface area (Å²) in [6, 6.07) is 16.6. The molecule has 0 radical (unpaired) electrons. The number of fused-ring (bicyclic) bond motifs is 2. The molecule has 0 N–H and O–H groups in total. The van der Waals surface area contributed by atoms with Crippen LogP contribution in [0.5, 0.6) is 0 Å². The van der Waals surface area contributed by atoms with Crippen LogP contribution in [0.25, 0.3) is 21.1 Å². The number of thiophene rings is 1. The van der Waals surface area contributed by atoms with Gasteiger partial charge in [0, 0.05) is 21.7 Å². The van der Waals surface area contributed by atoms with Gasteiger partial charge >= 0.3 is 11.6 Å². The first-order valence-corrected chi connectivity index (χ1v) is 8.61. The molecule has 4 nitrogen and oxygen atoms in total. The maximum absolute atomic E-state index is 12.3. The van der Waals surface area contributed by atoms with Crippen LogP contribution in [0, 0.1) is 6.92 Å². The molecule has 2 aromatic carbocycles. The molecule has 0 amide bonds. The summed E-state index contributed by atoms with van der Waals surface area (Å²) in [4.78, 5) is 24.6. The Hall–Kier alpha value is -2.92. The Kier molecular flexibility index (Phi) is 3.86. The molecule has 0 aliphatic rings. The Labute approximate surface area is 147 Å². The highest BCUT2D eigenvalue weighted by atomic mass is 32.1. The number of ether oxygens (including phenoxy) is 1. The molecule has 0 bridgehead atoms. The molecule has 0 saturated heterocycles. The molecule has 0 saturated carbocycles. The molecule has 5 heteroatoms. The Morgan fingerprint density at radius 1 is 1.12 bits per heavy atom. The van der Waals surface area contributed by atoms with Crippen LogP contribution in [-0.4, -0.2) is 5.97 Å². The third-order valence-corrected chi connectivity index (χ3v) is 5.07. The summed E-state index contributed by atoms with van der Waals surface area (Å²) in [7, 11) is 0. The normalized spacial score (nSPS) is 11.1. The van der Waals surface area contributed by atoms with E-state index in [1.54, 1.807) is 6.07 Å². The summed E-state index contributed by atoms with van der Waals surface area (Å²) in [6.45, 7) is 1.95. The lowest BCUT2D eigenvalue weighted by molar-refractivity contribution is 0.0480. The number of hydrogen-bond donors (Lipinski definition) is 0. The van der Waals surface area contributed by atoms with Gasteiger partial charge in [-0.25, -0.2) is 9.59 Å². The second kappa shape index (κ2) is 6.18. The van der Waals surface area contributed by atoms with Gasteiger partial charge in [0.05, 0.1) is 0 Å². The zero-order valence-corrected chi connectivity index (χ0v) is 14.3. The molecule has 25 heavy (non-hydrogen) atoms. The molecule has 0 aliphatic carbocycles. The van der Waals surface area contributed by atoms with E-state index in [1.807, 2.05) is 49.4 Å². The summed E-state index contributed by atoms with van der Waals surface area (Å²) in [5, 5.41) is 1.79. The molecule has 0 spiro atoms. The maximum Gasteiger partial charge on any atom is 0.348 e. The van der Waals surface area contributed by atoms with Crippen molar-refractivity contribution in [1.29, 1.82) is 0 Å². The molecule has 4 aromatic rings. The average molecular weight is 350 g/mol. The van der Waals surface area contributed by atoms with Gasteiger partial charge in [-0.3, -0.25) is 0 Å². The Morgan fingerprint density at radius 2 is 1.96 bits per heavy atom. The van der Waals surface area contributed by atoms with Gasteiger partial charge in [0.25, 0.3) is 0 Å². The van der Waals surface area contributed by atoms with Crippen molar-refractivity contribution in [2.24, 2.45) is 0 Å². The lowest BCUT2D eigenvalue weighted by Crippen LogP contribution is -2.06. The summed E-state index contributed by atoms with van der Waals surface area (Å²) < 4.78 is 11.7.